The number of benzene rings is 1. The van der Waals surface area contributed by atoms with Gasteiger partial charge in [0.25, 0.3) is 0 Å². The van der Waals surface area contributed by atoms with Crippen LogP contribution in [0.5, 0.6) is 0 Å². The van der Waals surface area contributed by atoms with Crippen molar-refractivity contribution in [2.45, 2.75) is 50.5 Å². The Morgan fingerprint density at radius 3 is 2.50 bits per heavy atom. The number of hydrogen-bond acceptors (Lipinski definition) is 2. The van der Waals surface area contributed by atoms with Gasteiger partial charge < -0.3 is 11.1 Å². The SMILES string of the molecule is CCCC(C)(N)C(=O)NCC1(c2ccc(Cl)cc2)CC1. The Morgan fingerprint density at radius 2 is 2.00 bits per heavy atom. The third kappa shape index (κ3) is 3.33. The van der Waals surface area contributed by atoms with Crippen molar-refractivity contribution in [2.75, 3.05) is 6.54 Å². The highest BCUT2D eigenvalue weighted by Gasteiger charge is 2.45. The Bertz CT molecular complexity index is 478. The number of amides is 1. The van der Waals surface area contributed by atoms with Crippen LogP contribution in [0.15, 0.2) is 24.3 Å². The molecule has 1 aromatic carbocycles. The maximum Gasteiger partial charge on any atom is 0.239 e. The predicted octanol–water partition coefficient (Wildman–Crippen LogP) is 3.01. The fourth-order valence-electron chi connectivity index (χ4n) is 2.61. The van der Waals surface area contributed by atoms with Crippen LogP contribution in [0.25, 0.3) is 0 Å². The lowest BCUT2D eigenvalue weighted by molar-refractivity contribution is -0.126. The van der Waals surface area contributed by atoms with Gasteiger partial charge in [0.1, 0.15) is 0 Å². The van der Waals surface area contributed by atoms with Crippen LogP contribution in [0.2, 0.25) is 5.02 Å². The number of nitrogens with two attached hydrogens (primary N) is 1. The molecule has 1 aromatic rings. The minimum atomic E-state index is -0.773. The Labute approximate surface area is 125 Å². The molecule has 0 aliphatic heterocycles. The fraction of sp³-hybridized carbons (Fsp3) is 0.562. The molecule has 1 aliphatic rings. The number of halogens is 1. The van der Waals surface area contributed by atoms with Gasteiger partial charge in [-0.2, -0.15) is 0 Å². The Kier molecular flexibility index (Phi) is 4.40. The van der Waals surface area contributed by atoms with Crippen molar-refractivity contribution >= 4 is 17.5 Å². The average Bonchev–Trinajstić information content (AvgIpc) is 3.18. The van der Waals surface area contributed by atoms with Crippen LogP contribution >= 0.6 is 11.6 Å². The number of rotatable bonds is 6. The molecular formula is C16H23ClN2O. The van der Waals surface area contributed by atoms with Gasteiger partial charge in [0.2, 0.25) is 5.91 Å². The minimum Gasteiger partial charge on any atom is -0.354 e. The van der Waals surface area contributed by atoms with E-state index in [9.17, 15) is 4.79 Å². The van der Waals surface area contributed by atoms with E-state index in [1.165, 1.54) is 5.56 Å². The highest BCUT2D eigenvalue weighted by atomic mass is 35.5. The van der Waals surface area contributed by atoms with Crippen LogP contribution < -0.4 is 11.1 Å². The Balaban J connectivity index is 1.97. The molecule has 1 saturated carbocycles. The lowest BCUT2D eigenvalue weighted by Gasteiger charge is -2.25. The minimum absolute atomic E-state index is 0.0559. The number of hydrogen-bond donors (Lipinski definition) is 2. The molecule has 0 saturated heterocycles. The van der Waals surface area contributed by atoms with Crippen molar-refractivity contribution in [3.63, 3.8) is 0 Å². The van der Waals surface area contributed by atoms with Gasteiger partial charge in [-0.25, -0.2) is 0 Å². The summed E-state index contributed by atoms with van der Waals surface area (Å²) in [5.41, 5.74) is 6.61. The van der Waals surface area contributed by atoms with E-state index in [4.69, 9.17) is 17.3 Å². The molecule has 1 aliphatic carbocycles. The monoisotopic (exact) mass is 294 g/mol. The second-order valence-corrected chi connectivity index (χ2v) is 6.57. The van der Waals surface area contributed by atoms with Crippen molar-refractivity contribution in [1.82, 2.24) is 5.32 Å². The highest BCUT2D eigenvalue weighted by Crippen LogP contribution is 2.47. The summed E-state index contributed by atoms with van der Waals surface area (Å²) in [6.07, 6.45) is 3.81. The van der Waals surface area contributed by atoms with E-state index < -0.39 is 5.54 Å². The van der Waals surface area contributed by atoms with Crippen LogP contribution in [-0.4, -0.2) is 18.0 Å². The summed E-state index contributed by atoms with van der Waals surface area (Å²) in [5, 5.41) is 3.77. The molecule has 1 amide bonds. The first-order valence-electron chi connectivity index (χ1n) is 7.23. The summed E-state index contributed by atoms with van der Waals surface area (Å²) in [7, 11) is 0. The van der Waals surface area contributed by atoms with Crippen molar-refractivity contribution in [2.24, 2.45) is 5.73 Å². The molecule has 20 heavy (non-hydrogen) atoms. The summed E-state index contributed by atoms with van der Waals surface area (Å²) in [6, 6.07) is 7.91. The van der Waals surface area contributed by atoms with E-state index in [-0.39, 0.29) is 11.3 Å². The van der Waals surface area contributed by atoms with E-state index in [1.54, 1.807) is 6.92 Å². The molecule has 0 aromatic heterocycles. The normalized spacial score (nSPS) is 19.2. The smallest absolute Gasteiger partial charge is 0.239 e. The summed E-state index contributed by atoms with van der Waals surface area (Å²) >= 11 is 5.92. The molecule has 1 unspecified atom stereocenters. The first-order valence-corrected chi connectivity index (χ1v) is 7.61. The lowest BCUT2D eigenvalue weighted by atomic mass is 9.93. The van der Waals surface area contributed by atoms with Gasteiger partial charge in [0, 0.05) is 17.0 Å². The number of nitrogens with one attached hydrogen (secondary N) is 1. The van der Waals surface area contributed by atoms with E-state index in [1.807, 2.05) is 19.1 Å². The molecule has 1 fully saturated rings. The van der Waals surface area contributed by atoms with Gasteiger partial charge in [0.15, 0.2) is 0 Å². The topological polar surface area (TPSA) is 55.1 Å². The maximum absolute atomic E-state index is 12.2. The molecule has 0 bridgehead atoms. The van der Waals surface area contributed by atoms with Crippen molar-refractivity contribution in [1.29, 1.82) is 0 Å². The zero-order chi connectivity index (χ0) is 14.8. The van der Waals surface area contributed by atoms with E-state index in [0.29, 0.717) is 13.0 Å². The molecule has 0 heterocycles. The van der Waals surface area contributed by atoms with Gasteiger partial charge in [-0.05, 0) is 43.9 Å². The molecule has 1 atom stereocenters. The molecule has 4 heteroatoms. The van der Waals surface area contributed by atoms with E-state index in [2.05, 4.69) is 17.4 Å². The van der Waals surface area contributed by atoms with Gasteiger partial charge in [-0.3, -0.25) is 4.79 Å². The molecule has 3 N–H and O–H groups in total. The number of carbonyl (C=O) groups excluding carboxylic acids is 1. The molecule has 2 rings (SSSR count). The van der Waals surface area contributed by atoms with Crippen LogP contribution in [-0.2, 0) is 10.2 Å². The highest BCUT2D eigenvalue weighted by molar-refractivity contribution is 6.30. The van der Waals surface area contributed by atoms with Gasteiger partial charge in [0.05, 0.1) is 5.54 Å². The molecule has 0 radical (unpaired) electrons. The molecule has 110 valence electrons. The zero-order valence-electron chi connectivity index (χ0n) is 12.2. The van der Waals surface area contributed by atoms with Gasteiger partial charge >= 0.3 is 0 Å². The van der Waals surface area contributed by atoms with E-state index in [0.717, 1.165) is 24.3 Å². The second kappa shape index (κ2) is 5.74. The van der Waals surface area contributed by atoms with Crippen LogP contribution in [0.1, 0.15) is 45.1 Å². The average molecular weight is 295 g/mol. The standard InChI is InChI=1S/C16H23ClN2O/c1-3-8-15(2,18)14(20)19-11-16(9-10-16)12-4-6-13(17)7-5-12/h4-7H,3,8-11,18H2,1-2H3,(H,19,20). The van der Waals surface area contributed by atoms with Crippen LogP contribution in [0.3, 0.4) is 0 Å². The summed E-state index contributed by atoms with van der Waals surface area (Å²) in [6.45, 7) is 4.49. The third-order valence-electron chi connectivity index (χ3n) is 4.19. The van der Waals surface area contributed by atoms with E-state index >= 15 is 0 Å². The quantitative estimate of drug-likeness (QED) is 0.847. The van der Waals surface area contributed by atoms with Crippen molar-refractivity contribution < 1.29 is 4.79 Å². The Morgan fingerprint density at radius 1 is 1.40 bits per heavy atom. The first-order chi connectivity index (χ1) is 9.39. The van der Waals surface area contributed by atoms with Crippen LogP contribution in [0, 0.1) is 0 Å². The largest absolute Gasteiger partial charge is 0.354 e. The summed E-state index contributed by atoms with van der Waals surface area (Å²) < 4.78 is 0. The lowest BCUT2D eigenvalue weighted by Crippen LogP contribution is -2.52. The van der Waals surface area contributed by atoms with Crippen LogP contribution in [0.4, 0.5) is 0 Å². The zero-order valence-corrected chi connectivity index (χ0v) is 13.0. The molecule has 0 spiro atoms. The summed E-state index contributed by atoms with van der Waals surface area (Å²) in [4.78, 5) is 12.2. The third-order valence-corrected chi connectivity index (χ3v) is 4.44. The fourth-order valence-corrected chi connectivity index (χ4v) is 2.73. The maximum atomic E-state index is 12.2. The first kappa shape index (κ1) is 15.3. The van der Waals surface area contributed by atoms with Crippen molar-refractivity contribution in [3.8, 4) is 0 Å². The molecule has 3 nitrogen and oxygen atoms in total. The van der Waals surface area contributed by atoms with Crippen molar-refractivity contribution in [3.05, 3.63) is 34.9 Å². The Hall–Kier alpha value is -1.06. The van der Waals surface area contributed by atoms with Gasteiger partial charge in [-0.15, -0.1) is 0 Å². The van der Waals surface area contributed by atoms with Gasteiger partial charge in [-0.1, -0.05) is 37.1 Å². The summed E-state index contributed by atoms with van der Waals surface area (Å²) in [5.74, 6) is -0.0559. The number of carbonyl (C=O) groups is 1. The predicted molar refractivity (Wildman–Crippen MR) is 82.9 cm³/mol. The molecular weight excluding hydrogens is 272 g/mol. The second-order valence-electron chi connectivity index (χ2n) is 6.14.